The number of nitrogens with one attached hydrogen (secondary N) is 1. The summed E-state index contributed by atoms with van der Waals surface area (Å²) in [4.78, 5) is 27.8. The lowest BCUT2D eigenvalue weighted by Gasteiger charge is -2.29. The van der Waals surface area contributed by atoms with Gasteiger partial charge in [0, 0.05) is 16.7 Å². The molecule has 32 heavy (non-hydrogen) atoms. The van der Waals surface area contributed by atoms with E-state index in [4.69, 9.17) is 0 Å². The quantitative estimate of drug-likeness (QED) is 0.610. The summed E-state index contributed by atoms with van der Waals surface area (Å²) in [6.45, 7) is 5.29. The lowest BCUT2D eigenvalue weighted by molar-refractivity contribution is -0.127. The van der Waals surface area contributed by atoms with Gasteiger partial charge >= 0.3 is 0 Å². The van der Waals surface area contributed by atoms with Gasteiger partial charge in [-0.25, -0.2) is 8.78 Å². The number of halogens is 2. The van der Waals surface area contributed by atoms with Crippen LogP contribution in [0.2, 0.25) is 0 Å². The van der Waals surface area contributed by atoms with Gasteiger partial charge in [-0.05, 0) is 49.6 Å². The van der Waals surface area contributed by atoms with Crippen LogP contribution in [0.15, 0.2) is 66.7 Å². The van der Waals surface area contributed by atoms with E-state index in [0.717, 1.165) is 6.07 Å². The van der Waals surface area contributed by atoms with Crippen LogP contribution in [0.3, 0.4) is 0 Å². The molecule has 6 heteroatoms. The SMILES string of the molecule is CC(C)(C)NC(=O)C1c2ccccc2C(=O)N1Cc1c(-c2ccccc2)ccc(F)c1F. The summed E-state index contributed by atoms with van der Waals surface area (Å²) in [5, 5.41) is 2.91. The third-order valence-electron chi connectivity index (χ3n) is 5.41. The first-order valence-electron chi connectivity index (χ1n) is 10.4. The Balaban J connectivity index is 1.80. The van der Waals surface area contributed by atoms with Crippen LogP contribution in [0.1, 0.15) is 48.3 Å². The zero-order valence-electron chi connectivity index (χ0n) is 18.2. The molecule has 1 N–H and O–H groups in total. The van der Waals surface area contributed by atoms with Gasteiger partial charge in [0.1, 0.15) is 6.04 Å². The molecule has 4 rings (SSSR count). The minimum absolute atomic E-state index is 0.0333. The molecular formula is C26H24F2N2O2. The molecule has 0 saturated carbocycles. The van der Waals surface area contributed by atoms with E-state index in [-0.39, 0.29) is 18.0 Å². The van der Waals surface area contributed by atoms with Crippen LogP contribution in [0, 0.1) is 11.6 Å². The summed E-state index contributed by atoms with van der Waals surface area (Å²) < 4.78 is 29.3. The molecule has 0 radical (unpaired) electrons. The maximum atomic E-state index is 15.0. The summed E-state index contributed by atoms with van der Waals surface area (Å²) in [6.07, 6.45) is 0. The van der Waals surface area contributed by atoms with Crippen molar-refractivity contribution < 1.29 is 18.4 Å². The molecule has 4 nitrogen and oxygen atoms in total. The van der Waals surface area contributed by atoms with Crippen molar-refractivity contribution in [3.05, 3.63) is 95.1 Å². The van der Waals surface area contributed by atoms with Gasteiger partial charge < -0.3 is 10.2 Å². The number of amides is 2. The van der Waals surface area contributed by atoms with Crippen LogP contribution in [0.4, 0.5) is 8.78 Å². The second-order valence-corrected chi connectivity index (χ2v) is 8.92. The molecule has 3 aromatic carbocycles. The molecule has 164 valence electrons. The zero-order valence-corrected chi connectivity index (χ0v) is 18.2. The van der Waals surface area contributed by atoms with Crippen molar-refractivity contribution >= 4 is 11.8 Å². The molecule has 1 aliphatic rings. The summed E-state index contributed by atoms with van der Waals surface area (Å²) in [5.74, 6) is -2.78. The Morgan fingerprint density at radius 2 is 1.59 bits per heavy atom. The van der Waals surface area contributed by atoms with Crippen molar-refractivity contribution in [2.45, 2.75) is 38.9 Å². The maximum absolute atomic E-state index is 15.0. The number of hydrogen-bond acceptors (Lipinski definition) is 2. The fourth-order valence-electron chi connectivity index (χ4n) is 4.06. The number of carbonyl (C=O) groups is 2. The Hall–Kier alpha value is -3.54. The highest BCUT2D eigenvalue weighted by Crippen LogP contribution is 2.37. The Morgan fingerprint density at radius 3 is 2.28 bits per heavy atom. The first-order chi connectivity index (χ1) is 15.2. The lowest BCUT2D eigenvalue weighted by atomic mass is 9.97. The largest absolute Gasteiger partial charge is 0.349 e. The van der Waals surface area contributed by atoms with Crippen LogP contribution < -0.4 is 5.32 Å². The predicted octanol–water partition coefficient (Wildman–Crippen LogP) is 5.24. The molecule has 0 aromatic heterocycles. The van der Waals surface area contributed by atoms with Crippen LogP contribution in [-0.2, 0) is 11.3 Å². The van der Waals surface area contributed by atoms with E-state index in [1.807, 2.05) is 26.8 Å². The molecule has 1 aliphatic heterocycles. The van der Waals surface area contributed by atoms with E-state index in [1.54, 1.807) is 48.5 Å². The molecule has 0 aliphatic carbocycles. The number of carbonyl (C=O) groups excluding carboxylic acids is 2. The standard InChI is InChI=1S/C26H24F2N2O2/c1-26(2,3)29-24(31)23-18-11-7-8-12-19(18)25(32)30(23)15-20-17(13-14-21(27)22(20)28)16-9-5-4-6-10-16/h4-14,23H,15H2,1-3H3,(H,29,31). The van der Waals surface area contributed by atoms with E-state index in [1.165, 1.54) is 11.0 Å². The Morgan fingerprint density at radius 1 is 0.938 bits per heavy atom. The monoisotopic (exact) mass is 434 g/mol. The molecule has 0 bridgehead atoms. The average molecular weight is 434 g/mol. The molecule has 0 spiro atoms. The smallest absolute Gasteiger partial charge is 0.255 e. The van der Waals surface area contributed by atoms with Gasteiger partial charge in [-0.15, -0.1) is 0 Å². The lowest BCUT2D eigenvalue weighted by Crippen LogP contribution is -2.46. The molecular weight excluding hydrogens is 410 g/mol. The Kier molecular flexibility index (Phi) is 5.55. The Bertz CT molecular complexity index is 1190. The van der Waals surface area contributed by atoms with Crippen molar-refractivity contribution in [2.24, 2.45) is 0 Å². The molecule has 0 fully saturated rings. The molecule has 1 atom stereocenters. The van der Waals surface area contributed by atoms with Gasteiger partial charge in [-0.2, -0.15) is 0 Å². The highest BCUT2D eigenvalue weighted by Gasteiger charge is 2.42. The Labute approximate surface area is 185 Å². The second kappa shape index (κ2) is 8.19. The second-order valence-electron chi connectivity index (χ2n) is 8.92. The average Bonchev–Trinajstić information content (AvgIpc) is 3.03. The van der Waals surface area contributed by atoms with Crippen molar-refractivity contribution in [1.82, 2.24) is 10.2 Å². The summed E-state index contributed by atoms with van der Waals surface area (Å²) in [6, 6.07) is 17.5. The topological polar surface area (TPSA) is 49.4 Å². The van der Waals surface area contributed by atoms with E-state index >= 15 is 4.39 Å². The van der Waals surface area contributed by atoms with Crippen molar-refractivity contribution in [3.8, 4) is 11.1 Å². The molecule has 3 aromatic rings. The number of hydrogen-bond donors (Lipinski definition) is 1. The highest BCUT2D eigenvalue weighted by molar-refractivity contribution is 6.04. The fraction of sp³-hybridized carbons (Fsp3) is 0.231. The number of benzene rings is 3. The van der Waals surface area contributed by atoms with Crippen molar-refractivity contribution in [1.29, 1.82) is 0 Å². The van der Waals surface area contributed by atoms with Crippen LogP contribution >= 0.6 is 0 Å². The third kappa shape index (κ3) is 4.00. The van der Waals surface area contributed by atoms with E-state index < -0.39 is 29.1 Å². The van der Waals surface area contributed by atoms with E-state index in [0.29, 0.717) is 22.3 Å². The molecule has 1 heterocycles. The first kappa shape index (κ1) is 21.7. The fourth-order valence-corrected chi connectivity index (χ4v) is 4.06. The molecule has 2 amide bonds. The number of fused-ring (bicyclic) bond motifs is 1. The number of rotatable bonds is 4. The van der Waals surface area contributed by atoms with Gasteiger partial charge in [0.25, 0.3) is 5.91 Å². The van der Waals surface area contributed by atoms with Gasteiger partial charge in [0.05, 0.1) is 6.54 Å². The van der Waals surface area contributed by atoms with Gasteiger partial charge in [-0.1, -0.05) is 54.6 Å². The summed E-state index contributed by atoms with van der Waals surface area (Å²) >= 11 is 0. The minimum Gasteiger partial charge on any atom is -0.349 e. The number of nitrogens with zero attached hydrogens (tertiary/aromatic N) is 1. The molecule has 1 unspecified atom stereocenters. The predicted molar refractivity (Wildman–Crippen MR) is 119 cm³/mol. The van der Waals surface area contributed by atoms with Gasteiger partial charge in [-0.3, -0.25) is 9.59 Å². The third-order valence-corrected chi connectivity index (χ3v) is 5.41. The van der Waals surface area contributed by atoms with Crippen molar-refractivity contribution in [2.75, 3.05) is 0 Å². The highest BCUT2D eigenvalue weighted by atomic mass is 19.2. The van der Waals surface area contributed by atoms with Gasteiger partial charge in [0.15, 0.2) is 11.6 Å². The normalized spacial score (nSPS) is 15.6. The minimum atomic E-state index is -1.02. The van der Waals surface area contributed by atoms with Crippen molar-refractivity contribution in [3.63, 3.8) is 0 Å². The van der Waals surface area contributed by atoms with Crippen LogP contribution in [0.5, 0.6) is 0 Å². The zero-order chi connectivity index (χ0) is 23.0. The summed E-state index contributed by atoms with van der Waals surface area (Å²) in [7, 11) is 0. The van der Waals surface area contributed by atoms with E-state index in [2.05, 4.69) is 5.32 Å². The summed E-state index contributed by atoms with van der Waals surface area (Å²) in [5.41, 5.74) is 1.62. The molecule has 0 saturated heterocycles. The van der Waals surface area contributed by atoms with Crippen LogP contribution in [0.25, 0.3) is 11.1 Å². The van der Waals surface area contributed by atoms with E-state index in [9.17, 15) is 14.0 Å². The van der Waals surface area contributed by atoms with Gasteiger partial charge in [0.2, 0.25) is 5.91 Å². The van der Waals surface area contributed by atoms with Crippen LogP contribution in [-0.4, -0.2) is 22.3 Å². The first-order valence-corrected chi connectivity index (χ1v) is 10.4. The maximum Gasteiger partial charge on any atom is 0.255 e.